The Morgan fingerprint density at radius 2 is 2.17 bits per heavy atom. The second-order valence-corrected chi connectivity index (χ2v) is 5.89. The van der Waals surface area contributed by atoms with E-state index in [9.17, 15) is 0 Å². The monoisotopic (exact) mass is 330 g/mol. The minimum absolute atomic E-state index is 0.651. The Kier molecular flexibility index (Phi) is 4.93. The van der Waals surface area contributed by atoms with Crippen LogP contribution < -0.4 is 4.90 Å². The van der Waals surface area contributed by atoms with Crippen LogP contribution in [-0.4, -0.2) is 37.6 Å². The molecule has 1 heterocycles. The summed E-state index contributed by atoms with van der Waals surface area (Å²) in [6.07, 6.45) is 1.20. The highest BCUT2D eigenvalue weighted by atomic mass is 79.9. The number of benzene rings is 1. The van der Waals surface area contributed by atoms with Gasteiger partial charge in [-0.2, -0.15) is 0 Å². The zero-order valence-corrected chi connectivity index (χ0v) is 13.3. The number of hydrogen-bond donors (Lipinski definition) is 0. The van der Waals surface area contributed by atoms with Crippen LogP contribution in [0.15, 0.2) is 18.2 Å². The molecule has 1 aliphatic heterocycles. The van der Waals surface area contributed by atoms with Crippen molar-refractivity contribution in [1.82, 2.24) is 4.90 Å². The Bertz CT molecular complexity index is 411. The lowest BCUT2D eigenvalue weighted by molar-refractivity contribution is 0.213. The lowest BCUT2D eigenvalue weighted by Gasteiger charge is -2.41. The van der Waals surface area contributed by atoms with Gasteiger partial charge >= 0.3 is 0 Å². The molecular formula is C14H20BrClN2. The number of anilines is 1. The first-order valence-corrected chi connectivity index (χ1v) is 7.95. The van der Waals surface area contributed by atoms with E-state index in [4.69, 9.17) is 11.6 Å². The van der Waals surface area contributed by atoms with E-state index in [1.54, 1.807) is 0 Å². The first kappa shape index (κ1) is 14.2. The van der Waals surface area contributed by atoms with Crippen LogP contribution in [0.5, 0.6) is 0 Å². The molecule has 1 saturated heterocycles. The van der Waals surface area contributed by atoms with Gasteiger partial charge in [0.2, 0.25) is 0 Å². The summed E-state index contributed by atoms with van der Waals surface area (Å²) < 4.78 is 0. The predicted octanol–water partition coefficient (Wildman–Crippen LogP) is 3.77. The first-order valence-electron chi connectivity index (χ1n) is 6.45. The summed E-state index contributed by atoms with van der Waals surface area (Å²) in [5.41, 5.74) is 2.60. The highest BCUT2D eigenvalue weighted by Gasteiger charge is 2.24. The van der Waals surface area contributed by atoms with Crippen LogP contribution in [0.3, 0.4) is 0 Å². The van der Waals surface area contributed by atoms with E-state index >= 15 is 0 Å². The zero-order chi connectivity index (χ0) is 13.1. The van der Waals surface area contributed by atoms with Gasteiger partial charge in [0.15, 0.2) is 0 Å². The van der Waals surface area contributed by atoms with Crippen LogP contribution in [0.4, 0.5) is 5.69 Å². The van der Waals surface area contributed by atoms with Crippen molar-refractivity contribution in [2.75, 3.05) is 31.6 Å². The van der Waals surface area contributed by atoms with Crippen molar-refractivity contribution in [2.24, 2.45) is 0 Å². The Morgan fingerprint density at radius 3 is 2.83 bits per heavy atom. The maximum atomic E-state index is 6.07. The molecule has 1 aromatic carbocycles. The molecule has 18 heavy (non-hydrogen) atoms. The molecule has 1 aliphatic rings. The fourth-order valence-corrected chi connectivity index (χ4v) is 3.22. The van der Waals surface area contributed by atoms with Crippen molar-refractivity contribution >= 4 is 33.2 Å². The quantitative estimate of drug-likeness (QED) is 0.778. The highest BCUT2D eigenvalue weighted by Crippen LogP contribution is 2.28. The van der Waals surface area contributed by atoms with Gasteiger partial charge < -0.3 is 4.90 Å². The van der Waals surface area contributed by atoms with Gasteiger partial charge in [0.05, 0.1) is 0 Å². The van der Waals surface area contributed by atoms with Crippen LogP contribution in [-0.2, 0) is 5.33 Å². The van der Waals surface area contributed by atoms with Crippen LogP contribution in [0.25, 0.3) is 0 Å². The van der Waals surface area contributed by atoms with Crippen molar-refractivity contribution in [1.29, 1.82) is 0 Å². The Morgan fingerprint density at radius 1 is 1.39 bits per heavy atom. The third-order valence-electron chi connectivity index (χ3n) is 3.77. The normalized spacial score (nSPS) is 21.3. The summed E-state index contributed by atoms with van der Waals surface area (Å²) in [5, 5.41) is 1.67. The first-order chi connectivity index (χ1) is 8.65. The molecule has 1 aromatic rings. The van der Waals surface area contributed by atoms with Crippen molar-refractivity contribution in [3.05, 3.63) is 28.8 Å². The van der Waals surface area contributed by atoms with Crippen LogP contribution >= 0.6 is 27.5 Å². The lowest BCUT2D eigenvalue weighted by Crippen LogP contribution is -2.51. The largest absolute Gasteiger partial charge is 0.368 e. The van der Waals surface area contributed by atoms with E-state index in [1.165, 1.54) is 17.7 Å². The minimum Gasteiger partial charge on any atom is -0.368 e. The Balaban J connectivity index is 2.21. The summed E-state index contributed by atoms with van der Waals surface area (Å²) in [4.78, 5) is 4.95. The maximum Gasteiger partial charge on any atom is 0.0410 e. The third-order valence-corrected chi connectivity index (χ3v) is 4.61. The molecule has 1 fully saturated rings. The molecule has 4 heteroatoms. The smallest absolute Gasteiger partial charge is 0.0410 e. The van der Waals surface area contributed by atoms with Crippen LogP contribution in [0.1, 0.15) is 18.9 Å². The summed E-state index contributed by atoms with van der Waals surface area (Å²) >= 11 is 9.62. The number of hydrogen-bond acceptors (Lipinski definition) is 2. The standard InChI is InChI=1S/C14H20BrClN2/c1-3-13-10-18(7-6-17(13)2)14-5-4-12(16)8-11(14)9-15/h4-5,8,13H,3,6-7,9-10H2,1-2H3. The second-order valence-electron chi connectivity index (χ2n) is 4.90. The maximum absolute atomic E-state index is 6.07. The van der Waals surface area contributed by atoms with Gasteiger partial charge in [0.1, 0.15) is 0 Å². The third kappa shape index (κ3) is 3.01. The summed E-state index contributed by atoms with van der Waals surface area (Å²) in [6.45, 7) is 5.59. The topological polar surface area (TPSA) is 6.48 Å². The van der Waals surface area contributed by atoms with Gasteiger partial charge in [-0.15, -0.1) is 0 Å². The summed E-state index contributed by atoms with van der Waals surface area (Å²) in [5.74, 6) is 0. The summed E-state index contributed by atoms with van der Waals surface area (Å²) in [7, 11) is 2.22. The predicted molar refractivity (Wildman–Crippen MR) is 83.0 cm³/mol. The molecule has 0 bridgehead atoms. The van der Waals surface area contributed by atoms with Crippen molar-refractivity contribution < 1.29 is 0 Å². The fourth-order valence-electron chi connectivity index (χ4n) is 2.58. The van der Waals surface area contributed by atoms with Gasteiger partial charge in [0.25, 0.3) is 0 Å². The average Bonchev–Trinajstić information content (AvgIpc) is 2.39. The Labute approximate surface area is 123 Å². The second kappa shape index (κ2) is 6.27. The molecule has 0 amide bonds. The van der Waals surface area contributed by atoms with E-state index in [2.05, 4.69) is 51.8 Å². The van der Waals surface area contributed by atoms with Crippen LogP contribution in [0.2, 0.25) is 5.02 Å². The average molecular weight is 332 g/mol. The number of alkyl halides is 1. The Hall–Kier alpha value is -0.250. The van der Waals surface area contributed by atoms with Crippen LogP contribution in [0, 0.1) is 0 Å². The fraction of sp³-hybridized carbons (Fsp3) is 0.571. The number of piperazine rings is 1. The molecule has 0 saturated carbocycles. The van der Waals surface area contributed by atoms with E-state index in [0.717, 1.165) is 30.0 Å². The van der Waals surface area contributed by atoms with Gasteiger partial charge in [0, 0.05) is 41.7 Å². The van der Waals surface area contributed by atoms with E-state index in [1.807, 2.05) is 6.07 Å². The van der Waals surface area contributed by atoms with Crippen molar-refractivity contribution in [2.45, 2.75) is 24.7 Å². The lowest BCUT2D eigenvalue weighted by atomic mass is 10.1. The molecule has 0 aliphatic carbocycles. The number of halogens is 2. The molecule has 100 valence electrons. The molecule has 2 rings (SSSR count). The molecule has 0 aromatic heterocycles. The number of rotatable bonds is 3. The van der Waals surface area contributed by atoms with Crippen molar-refractivity contribution in [3.63, 3.8) is 0 Å². The van der Waals surface area contributed by atoms with Gasteiger partial charge in [-0.3, -0.25) is 4.90 Å². The molecule has 0 spiro atoms. The van der Waals surface area contributed by atoms with E-state index < -0.39 is 0 Å². The SMILES string of the molecule is CCC1CN(c2ccc(Cl)cc2CBr)CCN1C. The number of nitrogens with zero attached hydrogens (tertiary/aromatic N) is 2. The van der Waals surface area contributed by atoms with Gasteiger partial charge in [-0.05, 0) is 37.2 Å². The molecule has 0 radical (unpaired) electrons. The zero-order valence-electron chi connectivity index (χ0n) is 11.0. The highest BCUT2D eigenvalue weighted by molar-refractivity contribution is 9.08. The molecule has 2 nitrogen and oxygen atoms in total. The molecule has 0 N–H and O–H groups in total. The number of likely N-dealkylation sites (N-methyl/N-ethyl adjacent to an activating group) is 1. The van der Waals surface area contributed by atoms with Crippen molar-refractivity contribution in [3.8, 4) is 0 Å². The molecule has 1 atom stereocenters. The van der Waals surface area contributed by atoms with Gasteiger partial charge in [-0.25, -0.2) is 0 Å². The van der Waals surface area contributed by atoms with Gasteiger partial charge in [-0.1, -0.05) is 34.5 Å². The summed E-state index contributed by atoms with van der Waals surface area (Å²) in [6, 6.07) is 6.85. The minimum atomic E-state index is 0.651. The molecule has 1 unspecified atom stereocenters. The van der Waals surface area contributed by atoms with E-state index in [-0.39, 0.29) is 0 Å². The molecular weight excluding hydrogens is 312 g/mol. The van der Waals surface area contributed by atoms with E-state index in [0.29, 0.717) is 6.04 Å².